The number of rotatable bonds is 5. The molecule has 2 aromatic carbocycles. The number of hydrogen-bond acceptors (Lipinski definition) is 4. The maximum atomic E-state index is 12.5. The maximum Gasteiger partial charge on any atom is 0.240 e. The maximum absolute atomic E-state index is 12.5. The third-order valence-corrected chi connectivity index (χ3v) is 5.81. The molecule has 3 rings (SSSR count). The van der Waals surface area contributed by atoms with Crippen molar-refractivity contribution >= 4 is 40.1 Å². The molecular formula is C22H25N3O2S. The normalized spacial score (nSPS) is 17.6. The molecule has 28 heavy (non-hydrogen) atoms. The fourth-order valence-corrected chi connectivity index (χ4v) is 4.07. The lowest BCUT2D eigenvalue weighted by Gasteiger charge is -2.10. The van der Waals surface area contributed by atoms with Crippen LogP contribution in [-0.4, -0.2) is 22.2 Å². The summed E-state index contributed by atoms with van der Waals surface area (Å²) in [5.41, 5.74) is 5.96. The van der Waals surface area contributed by atoms with Crippen LogP contribution in [0.25, 0.3) is 0 Å². The molecule has 2 aromatic rings. The molecule has 0 unspecified atom stereocenters. The van der Waals surface area contributed by atoms with Crippen LogP contribution in [0.3, 0.4) is 0 Å². The van der Waals surface area contributed by atoms with Crippen LogP contribution >= 0.6 is 11.8 Å². The van der Waals surface area contributed by atoms with Crippen LogP contribution in [0.2, 0.25) is 0 Å². The molecule has 0 radical (unpaired) electrons. The molecule has 1 saturated heterocycles. The summed E-state index contributed by atoms with van der Waals surface area (Å²) >= 11 is 1.32. The second-order valence-corrected chi connectivity index (χ2v) is 8.21. The first-order chi connectivity index (χ1) is 13.4. The summed E-state index contributed by atoms with van der Waals surface area (Å²) < 4.78 is 0. The largest absolute Gasteiger partial charge is 0.326 e. The van der Waals surface area contributed by atoms with Crippen LogP contribution in [0.15, 0.2) is 41.4 Å². The Bertz CT molecular complexity index is 953. The Morgan fingerprint density at radius 3 is 2.71 bits per heavy atom. The van der Waals surface area contributed by atoms with Crippen LogP contribution in [0.5, 0.6) is 0 Å². The zero-order valence-corrected chi connectivity index (χ0v) is 17.4. The second-order valence-electron chi connectivity index (χ2n) is 7.02. The van der Waals surface area contributed by atoms with E-state index in [-0.39, 0.29) is 18.2 Å². The van der Waals surface area contributed by atoms with Gasteiger partial charge in [-0.15, -0.1) is 0 Å². The van der Waals surface area contributed by atoms with Crippen LogP contribution in [0.1, 0.15) is 35.6 Å². The third-order valence-electron chi connectivity index (χ3n) is 4.73. The van der Waals surface area contributed by atoms with Crippen molar-refractivity contribution in [1.82, 2.24) is 5.32 Å². The summed E-state index contributed by atoms with van der Waals surface area (Å²) in [6.45, 7) is 8.02. The standard InChI is InChI=1S/C22H25N3O2S/c1-5-16-8-6-7-15(4)20(16)24-22-25-21(27)18(28-22)12-19(26)23-17-11-13(2)9-10-14(17)3/h6-11,18H,5,12H2,1-4H3,(H,23,26)(H,24,25,27)/t18-/m1/s1. The van der Waals surface area contributed by atoms with Crippen LogP contribution < -0.4 is 10.6 Å². The number of anilines is 1. The molecule has 0 saturated carbocycles. The molecule has 1 fully saturated rings. The van der Waals surface area contributed by atoms with Crippen molar-refractivity contribution in [2.75, 3.05) is 5.32 Å². The summed E-state index contributed by atoms with van der Waals surface area (Å²) in [5.74, 6) is -0.348. The number of nitrogens with one attached hydrogen (secondary N) is 2. The Morgan fingerprint density at radius 2 is 1.96 bits per heavy atom. The average molecular weight is 396 g/mol. The van der Waals surface area contributed by atoms with Crippen molar-refractivity contribution in [3.05, 3.63) is 58.7 Å². The average Bonchev–Trinajstić information content (AvgIpc) is 2.99. The molecule has 0 aliphatic carbocycles. The van der Waals surface area contributed by atoms with Crippen molar-refractivity contribution in [3.63, 3.8) is 0 Å². The Kier molecular flexibility index (Phi) is 6.19. The van der Waals surface area contributed by atoms with Crippen molar-refractivity contribution in [3.8, 4) is 0 Å². The fourth-order valence-electron chi connectivity index (χ4n) is 3.10. The Hall–Kier alpha value is -2.60. The van der Waals surface area contributed by atoms with E-state index in [1.807, 2.05) is 57.2 Å². The van der Waals surface area contributed by atoms with E-state index >= 15 is 0 Å². The van der Waals surface area contributed by atoms with Gasteiger partial charge >= 0.3 is 0 Å². The number of aliphatic imine (C=N–C) groups is 1. The number of carbonyl (C=O) groups excluding carboxylic acids is 2. The highest BCUT2D eigenvalue weighted by Crippen LogP contribution is 2.30. The zero-order chi connectivity index (χ0) is 20.3. The van der Waals surface area contributed by atoms with E-state index in [0.29, 0.717) is 5.17 Å². The lowest BCUT2D eigenvalue weighted by Crippen LogP contribution is -2.28. The highest BCUT2D eigenvalue weighted by atomic mass is 32.2. The Labute approximate surface area is 170 Å². The van der Waals surface area contributed by atoms with Gasteiger partial charge in [0.05, 0.1) is 5.69 Å². The molecule has 0 bridgehead atoms. The van der Waals surface area contributed by atoms with Crippen molar-refractivity contribution in [1.29, 1.82) is 0 Å². The number of thioether (sulfide) groups is 1. The van der Waals surface area contributed by atoms with Gasteiger partial charge in [-0.1, -0.05) is 49.0 Å². The van der Waals surface area contributed by atoms with Gasteiger partial charge < -0.3 is 10.6 Å². The molecule has 1 aliphatic rings. The predicted molar refractivity (Wildman–Crippen MR) is 116 cm³/mol. The number of nitrogens with zero attached hydrogens (tertiary/aromatic N) is 1. The Balaban J connectivity index is 1.70. The van der Waals surface area contributed by atoms with Crippen molar-refractivity contribution in [2.24, 2.45) is 4.99 Å². The SMILES string of the molecule is CCc1cccc(C)c1N=C1NC(=O)[C@@H](CC(=O)Nc2cc(C)ccc2C)S1. The summed E-state index contributed by atoms with van der Waals surface area (Å²) in [6, 6.07) is 12.0. The van der Waals surface area contributed by atoms with E-state index < -0.39 is 5.25 Å². The van der Waals surface area contributed by atoms with E-state index in [1.165, 1.54) is 11.8 Å². The van der Waals surface area contributed by atoms with Gasteiger partial charge in [-0.25, -0.2) is 4.99 Å². The van der Waals surface area contributed by atoms with Crippen molar-refractivity contribution < 1.29 is 9.59 Å². The van der Waals surface area contributed by atoms with E-state index in [0.717, 1.165) is 40.0 Å². The minimum atomic E-state index is -0.474. The van der Waals surface area contributed by atoms with Gasteiger partial charge in [0, 0.05) is 12.1 Å². The quantitative estimate of drug-likeness (QED) is 0.787. The van der Waals surface area contributed by atoms with Gasteiger partial charge in [-0.05, 0) is 55.5 Å². The smallest absolute Gasteiger partial charge is 0.240 e. The lowest BCUT2D eigenvalue weighted by molar-refractivity contribution is -0.122. The lowest BCUT2D eigenvalue weighted by atomic mass is 10.1. The minimum absolute atomic E-state index is 0.108. The zero-order valence-electron chi connectivity index (χ0n) is 16.6. The van der Waals surface area contributed by atoms with E-state index in [2.05, 4.69) is 22.5 Å². The number of carbonyl (C=O) groups is 2. The predicted octanol–water partition coefficient (Wildman–Crippen LogP) is 4.42. The summed E-state index contributed by atoms with van der Waals surface area (Å²) in [4.78, 5) is 29.4. The molecule has 1 heterocycles. The summed E-state index contributed by atoms with van der Waals surface area (Å²) in [6.07, 6.45) is 0.978. The molecule has 6 heteroatoms. The molecule has 0 spiro atoms. The molecule has 5 nitrogen and oxygen atoms in total. The number of benzene rings is 2. The summed E-state index contributed by atoms with van der Waals surface area (Å²) in [5, 5.41) is 5.81. The highest BCUT2D eigenvalue weighted by molar-refractivity contribution is 8.15. The number of aryl methyl sites for hydroxylation is 4. The topological polar surface area (TPSA) is 70.6 Å². The van der Waals surface area contributed by atoms with Crippen molar-refractivity contribution in [2.45, 2.75) is 45.8 Å². The van der Waals surface area contributed by atoms with E-state index in [4.69, 9.17) is 0 Å². The van der Waals surface area contributed by atoms with Gasteiger partial charge in [0.2, 0.25) is 11.8 Å². The molecular weight excluding hydrogens is 370 g/mol. The third kappa shape index (κ3) is 4.62. The van der Waals surface area contributed by atoms with Gasteiger partial charge in [0.25, 0.3) is 0 Å². The second kappa shape index (κ2) is 8.61. The first kappa shape index (κ1) is 20.1. The van der Waals surface area contributed by atoms with E-state index in [1.54, 1.807) is 0 Å². The molecule has 146 valence electrons. The minimum Gasteiger partial charge on any atom is -0.326 e. The highest BCUT2D eigenvalue weighted by Gasteiger charge is 2.32. The van der Waals surface area contributed by atoms with Gasteiger partial charge in [0.1, 0.15) is 5.25 Å². The van der Waals surface area contributed by atoms with E-state index in [9.17, 15) is 9.59 Å². The number of amidine groups is 1. The molecule has 2 amide bonds. The summed E-state index contributed by atoms with van der Waals surface area (Å²) in [7, 11) is 0. The first-order valence-electron chi connectivity index (χ1n) is 9.39. The number of hydrogen-bond donors (Lipinski definition) is 2. The molecule has 1 aliphatic heterocycles. The molecule has 1 atom stereocenters. The molecule has 0 aromatic heterocycles. The number of amides is 2. The van der Waals surface area contributed by atoms with Crippen LogP contribution in [-0.2, 0) is 16.0 Å². The molecule has 2 N–H and O–H groups in total. The van der Waals surface area contributed by atoms with Crippen LogP contribution in [0.4, 0.5) is 11.4 Å². The van der Waals surface area contributed by atoms with Gasteiger partial charge in [-0.2, -0.15) is 0 Å². The van der Waals surface area contributed by atoms with Gasteiger partial charge in [-0.3, -0.25) is 9.59 Å². The fraction of sp³-hybridized carbons (Fsp3) is 0.318. The Morgan fingerprint density at radius 1 is 1.18 bits per heavy atom. The number of para-hydroxylation sites is 1. The van der Waals surface area contributed by atoms with Crippen LogP contribution in [0, 0.1) is 20.8 Å². The monoisotopic (exact) mass is 395 g/mol. The van der Waals surface area contributed by atoms with Gasteiger partial charge in [0.15, 0.2) is 5.17 Å². The first-order valence-corrected chi connectivity index (χ1v) is 10.3.